The van der Waals surface area contributed by atoms with E-state index in [1.807, 2.05) is 19.1 Å². The predicted octanol–water partition coefficient (Wildman–Crippen LogP) is 2.39. The van der Waals surface area contributed by atoms with Crippen LogP contribution < -0.4 is 30.6 Å². The Morgan fingerprint density at radius 2 is 1.85 bits per heavy atom. The average Bonchev–Trinajstić information content (AvgIpc) is 3.19. The molecule has 2 heterocycles. The third-order valence-electron chi connectivity index (χ3n) is 6.74. The second kappa shape index (κ2) is 12.8. The highest BCUT2D eigenvalue weighted by Crippen LogP contribution is 2.34. The molecule has 1 aromatic heterocycles. The summed E-state index contributed by atoms with van der Waals surface area (Å²) in [7, 11) is 9.30. The highest BCUT2D eigenvalue weighted by Gasteiger charge is 2.44. The van der Waals surface area contributed by atoms with Gasteiger partial charge in [0.15, 0.2) is 0 Å². The van der Waals surface area contributed by atoms with Gasteiger partial charge in [-0.1, -0.05) is 18.5 Å². The van der Waals surface area contributed by atoms with E-state index in [0.717, 1.165) is 16.4 Å². The zero-order chi connectivity index (χ0) is 29.1. The number of anilines is 1. The van der Waals surface area contributed by atoms with E-state index in [9.17, 15) is 19.5 Å². The number of carbonyl (C=O) groups is 2. The lowest BCUT2D eigenvalue weighted by Gasteiger charge is -2.23. The summed E-state index contributed by atoms with van der Waals surface area (Å²) in [4.78, 5) is 42.0. The third kappa shape index (κ3) is 6.56. The normalized spacial score (nSPS) is 17.7. The molecule has 0 aliphatic carbocycles. The molecule has 9 nitrogen and oxygen atoms in total. The van der Waals surface area contributed by atoms with Gasteiger partial charge in [-0.25, -0.2) is 0 Å². The molecule has 3 aromatic rings. The lowest BCUT2D eigenvalue weighted by atomic mass is 9.90. The summed E-state index contributed by atoms with van der Waals surface area (Å²) in [6, 6.07) is 12.7. The number of aliphatic hydroxyl groups excluding tert-OH is 1. The van der Waals surface area contributed by atoms with E-state index in [-0.39, 0.29) is 24.4 Å². The smallest absolute Gasteiger partial charge is 0.274 e. The SMILES string of the molecule is COc1cc(C)c([C@@H]2CN(c3cccn(CC(C)O)c3=O)C(=O)[C@H]2NC(=O)c2ccc(OC(P)P)cc2)c(P)c1. The van der Waals surface area contributed by atoms with Crippen molar-refractivity contribution in [1.82, 2.24) is 9.88 Å². The molecule has 4 unspecified atom stereocenters. The minimum Gasteiger partial charge on any atom is -0.497 e. The summed E-state index contributed by atoms with van der Waals surface area (Å²) >= 11 is 0. The Labute approximate surface area is 240 Å². The van der Waals surface area contributed by atoms with Gasteiger partial charge in [-0.2, -0.15) is 0 Å². The van der Waals surface area contributed by atoms with Crippen LogP contribution in [0.2, 0.25) is 0 Å². The molecular formula is C28H34N3O6P3. The second-order valence-electron chi connectivity index (χ2n) is 9.76. The Kier molecular flexibility index (Phi) is 9.64. The highest BCUT2D eigenvalue weighted by molar-refractivity contribution is 7.37. The second-order valence-corrected chi connectivity index (χ2v) is 12.5. The fourth-order valence-electron chi connectivity index (χ4n) is 5.01. The van der Waals surface area contributed by atoms with Crippen molar-refractivity contribution in [2.75, 3.05) is 18.6 Å². The van der Waals surface area contributed by atoms with E-state index < -0.39 is 35.4 Å². The minimum atomic E-state index is -0.928. The predicted molar refractivity (Wildman–Crippen MR) is 166 cm³/mol. The van der Waals surface area contributed by atoms with Crippen LogP contribution in [0.4, 0.5) is 5.69 Å². The molecule has 40 heavy (non-hydrogen) atoms. The Morgan fingerprint density at radius 3 is 2.45 bits per heavy atom. The summed E-state index contributed by atoms with van der Waals surface area (Å²) in [6.45, 7) is 3.80. The number of hydrogen-bond donors (Lipinski definition) is 2. The van der Waals surface area contributed by atoms with Crippen molar-refractivity contribution in [1.29, 1.82) is 0 Å². The lowest BCUT2D eigenvalue weighted by Crippen LogP contribution is -2.45. The molecule has 0 saturated carbocycles. The molecule has 4 rings (SSSR count). The summed E-state index contributed by atoms with van der Waals surface area (Å²) in [6.07, 6.45) is 0.840. The standard InChI is InChI=1S/C28H34N3O6P3/c1-15-11-19(36-3)12-22(38)23(15)20-14-31(21-5-4-10-30(26(21)34)13-16(2)32)27(35)24(20)29-25(33)17-6-8-18(9-7-17)37-28(39)40/h4-12,16,20,24,28,32H,13-14,38-40H2,1-3H3,(H,29,33)/t16?,20-,24-/m0/s1. The van der Waals surface area contributed by atoms with Crippen molar-refractivity contribution in [2.24, 2.45) is 0 Å². The molecule has 1 fully saturated rings. The number of nitrogens with zero attached hydrogens (tertiary/aromatic N) is 2. The summed E-state index contributed by atoms with van der Waals surface area (Å²) < 4.78 is 12.4. The van der Waals surface area contributed by atoms with Gasteiger partial charge in [-0.05, 0) is 78.8 Å². The van der Waals surface area contributed by atoms with Crippen LogP contribution in [-0.2, 0) is 11.3 Å². The molecule has 1 saturated heterocycles. The van der Waals surface area contributed by atoms with Crippen LogP contribution in [0.5, 0.6) is 11.5 Å². The van der Waals surface area contributed by atoms with Gasteiger partial charge in [0.05, 0.1) is 19.8 Å². The Morgan fingerprint density at radius 1 is 1.15 bits per heavy atom. The molecule has 6 atom stereocenters. The maximum Gasteiger partial charge on any atom is 0.274 e. The fourth-order valence-corrected chi connectivity index (χ4v) is 5.93. The Balaban J connectivity index is 1.72. The van der Waals surface area contributed by atoms with Crippen LogP contribution in [0.3, 0.4) is 0 Å². The number of hydrogen-bond acceptors (Lipinski definition) is 6. The Bertz CT molecular complexity index is 1440. The first kappa shape index (κ1) is 30.1. The van der Waals surface area contributed by atoms with Crippen molar-refractivity contribution in [2.45, 2.75) is 44.0 Å². The van der Waals surface area contributed by atoms with Crippen molar-refractivity contribution in [3.8, 4) is 11.5 Å². The number of pyridine rings is 1. The van der Waals surface area contributed by atoms with Crippen LogP contribution in [0.25, 0.3) is 0 Å². The van der Waals surface area contributed by atoms with Gasteiger partial charge in [0.2, 0.25) is 5.91 Å². The van der Waals surface area contributed by atoms with E-state index >= 15 is 0 Å². The molecule has 0 spiro atoms. The fraction of sp³-hybridized carbons (Fsp3) is 0.321. The third-order valence-corrected chi connectivity index (χ3v) is 7.49. The summed E-state index contributed by atoms with van der Waals surface area (Å²) in [5.41, 5.74) is 1.78. The van der Waals surface area contributed by atoms with Gasteiger partial charge in [0, 0.05) is 24.2 Å². The van der Waals surface area contributed by atoms with Crippen molar-refractivity contribution in [3.63, 3.8) is 0 Å². The number of ether oxygens (including phenoxy) is 2. The van der Waals surface area contributed by atoms with E-state index in [1.165, 1.54) is 9.47 Å². The van der Waals surface area contributed by atoms with Crippen LogP contribution >= 0.6 is 27.7 Å². The highest BCUT2D eigenvalue weighted by atomic mass is 31.1. The Hall–Kier alpha value is -2.82. The number of amides is 2. The van der Waals surface area contributed by atoms with E-state index in [4.69, 9.17) is 9.47 Å². The molecule has 1 aliphatic heterocycles. The summed E-state index contributed by atoms with van der Waals surface area (Å²) in [5, 5.41) is 13.6. The van der Waals surface area contributed by atoms with Crippen molar-refractivity contribution in [3.05, 3.63) is 81.8 Å². The average molecular weight is 602 g/mol. The monoisotopic (exact) mass is 601 g/mol. The maximum atomic E-state index is 13.9. The largest absolute Gasteiger partial charge is 0.497 e. The number of methoxy groups -OCH3 is 1. The maximum absolute atomic E-state index is 13.9. The lowest BCUT2D eigenvalue weighted by molar-refractivity contribution is -0.118. The first-order chi connectivity index (χ1) is 19.0. The zero-order valence-corrected chi connectivity index (χ0v) is 26.0. The van der Waals surface area contributed by atoms with E-state index in [1.54, 1.807) is 56.6 Å². The summed E-state index contributed by atoms with van der Waals surface area (Å²) in [5.74, 6) is 0.0289. The first-order valence-electron chi connectivity index (χ1n) is 12.7. The van der Waals surface area contributed by atoms with Gasteiger partial charge in [0.25, 0.3) is 11.5 Å². The molecule has 2 aromatic carbocycles. The van der Waals surface area contributed by atoms with Gasteiger partial charge in [-0.3, -0.25) is 14.4 Å². The number of aliphatic hydroxyl groups is 1. The molecule has 212 valence electrons. The zero-order valence-electron chi connectivity index (χ0n) is 22.5. The van der Waals surface area contributed by atoms with E-state index in [0.29, 0.717) is 17.1 Å². The molecule has 1 aliphatic rings. The molecule has 0 bridgehead atoms. The van der Waals surface area contributed by atoms with Crippen LogP contribution in [0.15, 0.2) is 59.5 Å². The number of aryl methyl sites for hydroxylation is 1. The number of rotatable bonds is 9. The molecule has 2 amide bonds. The van der Waals surface area contributed by atoms with Crippen LogP contribution in [0, 0.1) is 6.92 Å². The van der Waals surface area contributed by atoms with Crippen molar-refractivity contribution < 1.29 is 24.2 Å². The first-order valence-corrected chi connectivity index (χ1v) is 14.6. The number of aromatic nitrogens is 1. The topological polar surface area (TPSA) is 110 Å². The minimum absolute atomic E-state index is 0.0968. The van der Waals surface area contributed by atoms with Crippen molar-refractivity contribution >= 4 is 50.5 Å². The number of nitrogens with one attached hydrogen (secondary N) is 1. The van der Waals surface area contributed by atoms with E-state index in [2.05, 4.69) is 33.0 Å². The van der Waals surface area contributed by atoms with Gasteiger partial charge in [0.1, 0.15) is 28.8 Å². The van der Waals surface area contributed by atoms with Gasteiger partial charge >= 0.3 is 0 Å². The molecule has 0 radical (unpaired) electrons. The quantitative estimate of drug-likeness (QED) is 0.365. The number of benzene rings is 2. The molecule has 12 heteroatoms. The van der Waals surface area contributed by atoms with Crippen LogP contribution in [-0.4, -0.2) is 52.9 Å². The van der Waals surface area contributed by atoms with Crippen LogP contribution in [0.1, 0.15) is 34.3 Å². The van der Waals surface area contributed by atoms with Gasteiger partial charge in [-0.15, -0.1) is 9.24 Å². The van der Waals surface area contributed by atoms with Gasteiger partial charge < -0.3 is 29.4 Å². The number of carbonyl (C=O) groups excluding carboxylic acids is 2. The molecule has 2 N–H and O–H groups in total. The molecular weight excluding hydrogens is 567 g/mol.